The van der Waals surface area contributed by atoms with Gasteiger partial charge in [-0.25, -0.2) is 4.57 Å². The van der Waals surface area contributed by atoms with Gasteiger partial charge < -0.3 is 19.8 Å². The lowest BCUT2D eigenvalue weighted by molar-refractivity contribution is 0.173. The molecule has 1 aromatic rings. The molecule has 0 aromatic heterocycles. The van der Waals surface area contributed by atoms with Crippen LogP contribution < -0.4 is 10.1 Å². The van der Waals surface area contributed by atoms with Crippen molar-refractivity contribution in [3.8, 4) is 5.75 Å². The van der Waals surface area contributed by atoms with E-state index in [0.29, 0.717) is 23.7 Å². The highest BCUT2D eigenvalue weighted by Gasteiger charge is 2.28. The summed E-state index contributed by atoms with van der Waals surface area (Å²) in [6.07, 6.45) is 9.16. The summed E-state index contributed by atoms with van der Waals surface area (Å²) in [5, 5.41) is 3.75. The Hall–Kier alpha value is -0.620. The van der Waals surface area contributed by atoms with Gasteiger partial charge in [0.25, 0.3) is 0 Å². The number of nitrogens with one attached hydrogen (secondary N) is 1. The van der Waals surface area contributed by atoms with Crippen molar-refractivity contribution < 1.29 is 23.6 Å². The zero-order chi connectivity index (χ0) is 19.7. The van der Waals surface area contributed by atoms with E-state index in [9.17, 15) is 4.57 Å². The molecule has 1 aromatic carbocycles. The Kier molecular flexibility index (Phi) is 9.57. The summed E-state index contributed by atoms with van der Waals surface area (Å²) in [5.41, 5.74) is 1.22. The Bertz CT molecular complexity index is 624. The van der Waals surface area contributed by atoms with Gasteiger partial charge in [-0.05, 0) is 30.5 Å². The molecule has 1 saturated heterocycles. The monoisotopic (exact) mass is 419 g/mol. The fraction of sp³-hybridized carbons (Fsp3) is 0.684. The van der Waals surface area contributed by atoms with Gasteiger partial charge in [-0.3, -0.25) is 4.52 Å². The van der Waals surface area contributed by atoms with Crippen molar-refractivity contribution in [2.75, 3.05) is 13.2 Å². The number of phosphoric ester groups is 1. The molecule has 154 valence electrons. The summed E-state index contributed by atoms with van der Waals surface area (Å²) in [6, 6.07) is 5.80. The quantitative estimate of drug-likeness (QED) is 0.342. The van der Waals surface area contributed by atoms with Crippen LogP contribution in [0.3, 0.4) is 0 Å². The molecule has 3 N–H and O–H groups in total. The Morgan fingerprint density at radius 2 is 1.96 bits per heavy atom. The molecule has 1 aliphatic heterocycles. The first kappa shape index (κ1) is 22.7. The molecule has 2 atom stereocenters. The van der Waals surface area contributed by atoms with E-state index in [4.69, 9.17) is 26.1 Å². The summed E-state index contributed by atoms with van der Waals surface area (Å²) in [5.74, 6) is 0.645. The smallest absolute Gasteiger partial charge is 0.469 e. The van der Waals surface area contributed by atoms with Gasteiger partial charge >= 0.3 is 7.82 Å². The molecule has 1 heterocycles. The van der Waals surface area contributed by atoms with Crippen LogP contribution in [-0.2, 0) is 15.5 Å². The van der Waals surface area contributed by atoms with Gasteiger partial charge in [0, 0.05) is 19.0 Å². The SMILES string of the molecule is CCCCCCCCc1ccc(O[C@@H]2CN[C@@H](COP(=O)(O)O)C2)c(Cl)c1. The van der Waals surface area contributed by atoms with E-state index in [1.54, 1.807) is 0 Å². The number of hydrogen-bond donors (Lipinski definition) is 3. The normalized spacial score (nSPS) is 20.1. The molecule has 0 amide bonds. The maximum absolute atomic E-state index is 10.8. The minimum absolute atomic E-state index is 0.0466. The first-order valence-electron chi connectivity index (χ1n) is 9.76. The fourth-order valence-electron chi connectivity index (χ4n) is 3.27. The van der Waals surface area contributed by atoms with Crippen LogP contribution in [0.5, 0.6) is 5.75 Å². The minimum atomic E-state index is -4.44. The molecule has 2 rings (SSSR count). The third kappa shape index (κ3) is 8.95. The summed E-state index contributed by atoms with van der Waals surface area (Å²) in [6.45, 7) is 2.77. The van der Waals surface area contributed by atoms with E-state index in [2.05, 4.69) is 22.8 Å². The third-order valence-electron chi connectivity index (χ3n) is 4.73. The first-order valence-corrected chi connectivity index (χ1v) is 11.7. The molecule has 6 nitrogen and oxygen atoms in total. The van der Waals surface area contributed by atoms with Gasteiger partial charge in [0.05, 0.1) is 11.6 Å². The van der Waals surface area contributed by atoms with Crippen LogP contribution in [0, 0.1) is 0 Å². The van der Waals surface area contributed by atoms with Crippen molar-refractivity contribution in [2.45, 2.75) is 70.4 Å². The second-order valence-electron chi connectivity index (χ2n) is 7.15. The predicted octanol–water partition coefficient (Wildman–Crippen LogP) is 4.46. The molecule has 27 heavy (non-hydrogen) atoms. The minimum Gasteiger partial charge on any atom is -0.487 e. The van der Waals surface area contributed by atoms with Gasteiger partial charge in [0.1, 0.15) is 11.9 Å². The standard InChI is InChI=1S/C19H31ClNO5P/c1-2-3-4-5-6-7-8-15-9-10-19(18(20)11-15)26-17-12-16(21-13-17)14-25-27(22,23)24/h9-11,16-17,21H,2-8,12-14H2,1H3,(H2,22,23,24)/t16-,17+/m1/s1. The largest absolute Gasteiger partial charge is 0.487 e. The number of ether oxygens (including phenoxy) is 1. The van der Waals surface area contributed by atoms with E-state index < -0.39 is 7.82 Å². The third-order valence-corrected chi connectivity index (χ3v) is 5.52. The zero-order valence-electron chi connectivity index (χ0n) is 15.9. The number of rotatable bonds is 12. The topological polar surface area (TPSA) is 88.0 Å². The summed E-state index contributed by atoms with van der Waals surface area (Å²) < 4.78 is 21.3. The van der Waals surface area contributed by atoms with E-state index in [1.807, 2.05) is 12.1 Å². The molecule has 0 aliphatic carbocycles. The summed E-state index contributed by atoms with van der Waals surface area (Å²) >= 11 is 6.37. The molecule has 1 aliphatic rings. The van der Waals surface area contributed by atoms with Crippen molar-refractivity contribution in [1.29, 1.82) is 0 Å². The second-order valence-corrected chi connectivity index (χ2v) is 8.80. The number of hydrogen-bond acceptors (Lipinski definition) is 4. The highest BCUT2D eigenvalue weighted by molar-refractivity contribution is 7.46. The molecule has 1 fully saturated rings. The van der Waals surface area contributed by atoms with Gasteiger partial charge in [-0.15, -0.1) is 0 Å². The Morgan fingerprint density at radius 3 is 2.67 bits per heavy atom. The average molecular weight is 420 g/mol. The Balaban J connectivity index is 1.73. The number of phosphoric acid groups is 1. The molecule has 0 saturated carbocycles. The lowest BCUT2D eigenvalue weighted by Crippen LogP contribution is -2.26. The van der Waals surface area contributed by atoms with Gasteiger partial charge in [0.15, 0.2) is 0 Å². The maximum atomic E-state index is 10.8. The molecule has 0 radical (unpaired) electrons. The molecule has 0 spiro atoms. The van der Waals surface area contributed by atoms with Crippen LogP contribution >= 0.6 is 19.4 Å². The number of aryl methyl sites for hydroxylation is 1. The van der Waals surface area contributed by atoms with Crippen LogP contribution in [0.2, 0.25) is 5.02 Å². The molecular weight excluding hydrogens is 389 g/mol. The summed E-state index contributed by atoms with van der Waals surface area (Å²) in [4.78, 5) is 17.5. The molecule has 0 unspecified atom stereocenters. The van der Waals surface area contributed by atoms with E-state index in [0.717, 1.165) is 6.42 Å². The van der Waals surface area contributed by atoms with E-state index in [-0.39, 0.29) is 18.8 Å². The van der Waals surface area contributed by atoms with Crippen LogP contribution in [-0.4, -0.2) is 35.1 Å². The van der Waals surface area contributed by atoms with Crippen molar-refractivity contribution in [1.82, 2.24) is 5.32 Å². The lowest BCUT2D eigenvalue weighted by Gasteiger charge is -2.15. The number of unbranched alkanes of at least 4 members (excludes halogenated alkanes) is 5. The van der Waals surface area contributed by atoms with Crippen molar-refractivity contribution in [2.24, 2.45) is 0 Å². The van der Waals surface area contributed by atoms with Crippen LogP contribution in [0.1, 0.15) is 57.4 Å². The number of benzene rings is 1. The predicted molar refractivity (Wildman–Crippen MR) is 107 cm³/mol. The lowest BCUT2D eigenvalue weighted by atomic mass is 10.0. The molecule has 8 heteroatoms. The van der Waals surface area contributed by atoms with Crippen LogP contribution in [0.15, 0.2) is 18.2 Å². The van der Waals surface area contributed by atoms with E-state index >= 15 is 0 Å². The first-order chi connectivity index (χ1) is 12.9. The molecule has 0 bridgehead atoms. The highest BCUT2D eigenvalue weighted by Crippen LogP contribution is 2.36. The highest BCUT2D eigenvalue weighted by atomic mass is 35.5. The van der Waals surface area contributed by atoms with Crippen molar-refractivity contribution in [3.63, 3.8) is 0 Å². The van der Waals surface area contributed by atoms with Crippen LogP contribution in [0.25, 0.3) is 0 Å². The molecular formula is C19H31ClNO5P. The van der Waals surface area contributed by atoms with Crippen LogP contribution in [0.4, 0.5) is 0 Å². The Morgan fingerprint density at radius 1 is 1.22 bits per heavy atom. The zero-order valence-corrected chi connectivity index (χ0v) is 17.6. The fourth-order valence-corrected chi connectivity index (χ4v) is 3.89. The van der Waals surface area contributed by atoms with Crippen molar-refractivity contribution in [3.05, 3.63) is 28.8 Å². The van der Waals surface area contributed by atoms with Gasteiger partial charge in [-0.1, -0.05) is 56.7 Å². The van der Waals surface area contributed by atoms with Crippen molar-refractivity contribution >= 4 is 19.4 Å². The number of halogens is 1. The average Bonchev–Trinajstić information content (AvgIpc) is 3.05. The Labute approximate surface area is 166 Å². The maximum Gasteiger partial charge on any atom is 0.469 e. The van der Waals surface area contributed by atoms with Gasteiger partial charge in [0.2, 0.25) is 0 Å². The van der Waals surface area contributed by atoms with E-state index in [1.165, 1.54) is 44.1 Å². The second kappa shape index (κ2) is 11.4. The van der Waals surface area contributed by atoms with Gasteiger partial charge in [-0.2, -0.15) is 0 Å². The summed E-state index contributed by atoms with van der Waals surface area (Å²) in [7, 11) is -4.44.